The molecule has 2 heterocycles. The number of aliphatic carboxylic acids is 1. The molecule has 0 aliphatic rings. The van der Waals surface area contributed by atoms with Gasteiger partial charge in [-0.05, 0) is 20.8 Å². The molecule has 2 rings (SSSR count). The minimum Gasteiger partial charge on any atom is -0.481 e. The molecule has 0 aromatic carbocycles. The summed E-state index contributed by atoms with van der Waals surface area (Å²) >= 11 is 0. The van der Waals surface area contributed by atoms with Crippen molar-refractivity contribution in [1.82, 2.24) is 19.5 Å². The largest absolute Gasteiger partial charge is 0.481 e. The smallest absolute Gasteiger partial charge is 0.314 e. The molecular formula is C13H17FN4O3. The molecule has 0 aliphatic carbocycles. The molecule has 0 aliphatic heterocycles. The Morgan fingerprint density at radius 3 is 2.43 bits per heavy atom. The lowest BCUT2D eigenvalue weighted by atomic mass is 10.2. The monoisotopic (exact) mass is 296 g/mol. The predicted molar refractivity (Wildman–Crippen MR) is 73.3 cm³/mol. The Morgan fingerprint density at radius 1 is 1.33 bits per heavy atom. The van der Waals surface area contributed by atoms with Gasteiger partial charge in [-0.15, -0.1) is 0 Å². The van der Waals surface area contributed by atoms with Crippen molar-refractivity contribution in [2.45, 2.75) is 33.7 Å². The van der Waals surface area contributed by atoms with Crippen LogP contribution >= 0.6 is 0 Å². The number of hydrogen-bond donors (Lipinski definition) is 2. The second kappa shape index (κ2) is 6.78. The Hall–Kier alpha value is -2.51. The summed E-state index contributed by atoms with van der Waals surface area (Å²) in [6, 6.07) is -0.320. The zero-order chi connectivity index (χ0) is 16.2. The predicted octanol–water partition coefficient (Wildman–Crippen LogP) is 2.17. The molecule has 0 fully saturated rings. The van der Waals surface area contributed by atoms with Crippen LogP contribution in [0.4, 0.5) is 4.39 Å². The van der Waals surface area contributed by atoms with Crippen molar-refractivity contribution in [2.75, 3.05) is 0 Å². The summed E-state index contributed by atoms with van der Waals surface area (Å²) in [4.78, 5) is 20.2. The molecule has 7 nitrogen and oxygen atoms in total. The van der Waals surface area contributed by atoms with E-state index in [9.17, 15) is 9.50 Å². The maximum Gasteiger partial charge on any atom is 0.314 e. The van der Waals surface area contributed by atoms with E-state index in [0.29, 0.717) is 5.69 Å². The van der Waals surface area contributed by atoms with Gasteiger partial charge in [-0.25, -0.2) is 14.4 Å². The zero-order valence-corrected chi connectivity index (χ0v) is 12.2. The third kappa shape index (κ3) is 4.23. The number of carbonyl (C=O) groups is 1. The van der Waals surface area contributed by atoms with E-state index in [-0.39, 0.29) is 11.7 Å². The molecule has 2 N–H and O–H groups in total. The molecular weight excluding hydrogens is 279 g/mol. The number of aromatic hydroxyl groups is 1. The summed E-state index contributed by atoms with van der Waals surface area (Å²) in [5.74, 6) is -0.642. The van der Waals surface area contributed by atoms with Crippen molar-refractivity contribution in [1.29, 1.82) is 0 Å². The third-order valence-corrected chi connectivity index (χ3v) is 2.47. The van der Waals surface area contributed by atoms with Crippen LogP contribution in [0.5, 0.6) is 6.01 Å². The van der Waals surface area contributed by atoms with Crippen LogP contribution in [-0.2, 0) is 4.79 Å². The van der Waals surface area contributed by atoms with Crippen molar-refractivity contribution in [3.8, 4) is 17.4 Å². The fourth-order valence-electron chi connectivity index (χ4n) is 1.82. The molecule has 0 spiro atoms. The molecule has 0 amide bonds. The first-order valence-electron chi connectivity index (χ1n) is 6.19. The normalized spacial score (nSPS) is 10.2. The molecule has 114 valence electrons. The lowest BCUT2D eigenvalue weighted by Gasteiger charge is -2.13. The van der Waals surface area contributed by atoms with Crippen LogP contribution in [0.1, 0.15) is 32.6 Å². The summed E-state index contributed by atoms with van der Waals surface area (Å²) in [6.07, 6.45) is 2.49. The van der Waals surface area contributed by atoms with Crippen molar-refractivity contribution in [3.63, 3.8) is 0 Å². The summed E-state index contributed by atoms with van der Waals surface area (Å²) in [6.45, 7) is 6.86. The van der Waals surface area contributed by atoms with Gasteiger partial charge in [0.2, 0.25) is 0 Å². The Labute approximate surface area is 121 Å². The van der Waals surface area contributed by atoms with E-state index < -0.39 is 17.8 Å². The maximum atomic E-state index is 13.6. The van der Waals surface area contributed by atoms with Gasteiger partial charge in [-0.3, -0.25) is 4.79 Å². The number of aromatic nitrogens is 4. The molecule has 0 unspecified atom stereocenters. The summed E-state index contributed by atoms with van der Waals surface area (Å²) < 4.78 is 15.5. The van der Waals surface area contributed by atoms with E-state index in [1.165, 1.54) is 0 Å². The van der Waals surface area contributed by atoms with E-state index >= 15 is 0 Å². The highest BCUT2D eigenvalue weighted by atomic mass is 19.1. The number of carboxylic acids is 1. The number of nitrogens with zero attached hydrogens (tertiary/aromatic N) is 4. The Kier molecular flexibility index (Phi) is 5.34. The van der Waals surface area contributed by atoms with Crippen LogP contribution in [0.15, 0.2) is 12.4 Å². The van der Waals surface area contributed by atoms with Gasteiger partial charge in [-0.2, -0.15) is 4.98 Å². The minimum atomic E-state index is -0.833. The Morgan fingerprint density at radius 2 is 1.90 bits per heavy atom. The lowest BCUT2D eigenvalue weighted by molar-refractivity contribution is -0.134. The van der Waals surface area contributed by atoms with Crippen molar-refractivity contribution < 1.29 is 19.4 Å². The van der Waals surface area contributed by atoms with E-state index in [1.54, 1.807) is 6.20 Å². The molecule has 0 saturated carbocycles. The Balaban J connectivity index is 0.000000491. The number of carboxylic acid groups (broad SMARTS) is 1. The van der Waals surface area contributed by atoms with Gasteiger partial charge in [0.05, 0.1) is 18.1 Å². The molecule has 0 radical (unpaired) electrons. The van der Waals surface area contributed by atoms with Gasteiger partial charge in [0.1, 0.15) is 11.5 Å². The van der Waals surface area contributed by atoms with Gasteiger partial charge in [-0.1, -0.05) is 0 Å². The average Bonchev–Trinajstić information content (AvgIpc) is 2.73. The number of hydrogen-bond acceptors (Lipinski definition) is 5. The van der Waals surface area contributed by atoms with Crippen molar-refractivity contribution in [2.24, 2.45) is 0 Å². The number of rotatable bonds is 2. The molecule has 0 saturated heterocycles. The highest BCUT2D eigenvalue weighted by molar-refractivity contribution is 5.63. The van der Waals surface area contributed by atoms with Gasteiger partial charge in [0.15, 0.2) is 5.82 Å². The molecule has 0 bridgehead atoms. The van der Waals surface area contributed by atoms with Crippen molar-refractivity contribution in [3.05, 3.63) is 24.0 Å². The van der Waals surface area contributed by atoms with Crippen LogP contribution < -0.4 is 0 Å². The quantitative estimate of drug-likeness (QED) is 0.880. The topological polar surface area (TPSA) is 101 Å². The SMILES string of the molecule is CC(=O)O.Cc1ncc(-c2nc(O)ncc2F)n1C(C)C. The van der Waals surface area contributed by atoms with Crippen LogP contribution in [0.2, 0.25) is 0 Å². The van der Waals surface area contributed by atoms with Crippen LogP contribution in [0.3, 0.4) is 0 Å². The molecule has 8 heteroatoms. The van der Waals surface area contributed by atoms with Crippen LogP contribution in [0, 0.1) is 12.7 Å². The molecule has 2 aromatic rings. The highest BCUT2D eigenvalue weighted by Gasteiger charge is 2.17. The van der Waals surface area contributed by atoms with E-state index in [4.69, 9.17) is 9.90 Å². The molecule has 2 aromatic heterocycles. The Bertz CT molecular complexity index is 636. The molecule has 21 heavy (non-hydrogen) atoms. The van der Waals surface area contributed by atoms with Gasteiger partial charge < -0.3 is 14.8 Å². The van der Waals surface area contributed by atoms with E-state index in [1.807, 2.05) is 25.3 Å². The van der Waals surface area contributed by atoms with Crippen LogP contribution in [-0.4, -0.2) is 35.7 Å². The van der Waals surface area contributed by atoms with Crippen LogP contribution in [0.25, 0.3) is 11.4 Å². The van der Waals surface area contributed by atoms with E-state index in [0.717, 1.165) is 18.9 Å². The first-order valence-corrected chi connectivity index (χ1v) is 6.19. The zero-order valence-electron chi connectivity index (χ0n) is 12.2. The first-order chi connectivity index (χ1) is 9.73. The first kappa shape index (κ1) is 16.5. The second-order valence-corrected chi connectivity index (χ2v) is 4.54. The summed E-state index contributed by atoms with van der Waals surface area (Å²) in [7, 11) is 0. The lowest BCUT2D eigenvalue weighted by Crippen LogP contribution is -2.06. The van der Waals surface area contributed by atoms with Gasteiger partial charge in [0, 0.05) is 13.0 Å². The second-order valence-electron chi connectivity index (χ2n) is 4.54. The standard InChI is InChI=1S/C11H13FN4O.C2H4O2/c1-6(2)16-7(3)13-5-9(16)10-8(12)4-14-11(17)15-10;1-2(3)4/h4-6H,1-3H3,(H,14,15,17);1H3,(H,3,4). The summed E-state index contributed by atoms with van der Waals surface area (Å²) in [5.41, 5.74) is 0.597. The van der Waals surface area contributed by atoms with Crippen molar-refractivity contribution >= 4 is 5.97 Å². The van der Waals surface area contributed by atoms with Gasteiger partial charge >= 0.3 is 6.01 Å². The third-order valence-electron chi connectivity index (χ3n) is 2.47. The average molecular weight is 296 g/mol. The minimum absolute atomic E-state index is 0.0619. The molecule has 0 atom stereocenters. The fraction of sp³-hybridized carbons (Fsp3) is 0.385. The fourth-order valence-corrected chi connectivity index (χ4v) is 1.82. The number of imidazole rings is 1. The van der Waals surface area contributed by atoms with E-state index in [2.05, 4.69) is 15.0 Å². The number of aryl methyl sites for hydroxylation is 1. The van der Waals surface area contributed by atoms with Gasteiger partial charge in [0.25, 0.3) is 5.97 Å². The number of halogens is 1. The highest BCUT2D eigenvalue weighted by Crippen LogP contribution is 2.25. The summed E-state index contributed by atoms with van der Waals surface area (Å²) in [5, 5.41) is 16.6. The maximum absolute atomic E-state index is 13.6.